The Balaban J connectivity index is 1.68. The number of nitrogens with two attached hydrogens (primary N) is 1. The van der Waals surface area contributed by atoms with Crippen molar-refractivity contribution in [2.75, 3.05) is 26.4 Å². The zero-order valence-corrected chi connectivity index (χ0v) is 17.3. The molecule has 30 heavy (non-hydrogen) atoms. The average molecular weight is 411 g/mol. The van der Waals surface area contributed by atoms with Crippen molar-refractivity contribution >= 4 is 17.7 Å². The molecule has 0 radical (unpaired) electrons. The summed E-state index contributed by atoms with van der Waals surface area (Å²) in [5.74, 6) is 1.56. The van der Waals surface area contributed by atoms with Crippen LogP contribution in [0.1, 0.15) is 25.0 Å². The minimum atomic E-state index is 0.0928. The number of hydrogen-bond acceptors (Lipinski definition) is 7. The van der Waals surface area contributed by atoms with Gasteiger partial charge >= 0.3 is 0 Å². The van der Waals surface area contributed by atoms with Crippen LogP contribution in [0, 0.1) is 5.41 Å². The van der Waals surface area contributed by atoms with Gasteiger partial charge < -0.3 is 20.6 Å². The highest BCUT2D eigenvalue weighted by Crippen LogP contribution is 2.36. The quantitative estimate of drug-likeness (QED) is 0.407. The summed E-state index contributed by atoms with van der Waals surface area (Å²) in [6.07, 6.45) is 5.97. The summed E-state index contributed by atoms with van der Waals surface area (Å²) in [7, 11) is 0. The number of aliphatic hydroxyl groups is 1. The lowest BCUT2D eigenvalue weighted by atomic mass is 10.0. The molecule has 0 spiro atoms. The number of fused-ring (bicyclic) bond motifs is 3. The van der Waals surface area contributed by atoms with Gasteiger partial charge in [-0.2, -0.15) is 5.10 Å². The fourth-order valence-corrected chi connectivity index (χ4v) is 3.65. The molecule has 2 aliphatic rings. The van der Waals surface area contributed by atoms with E-state index in [0.717, 1.165) is 46.1 Å². The molecule has 0 atom stereocenters. The summed E-state index contributed by atoms with van der Waals surface area (Å²) in [4.78, 5) is 4.56. The van der Waals surface area contributed by atoms with Crippen LogP contribution in [-0.4, -0.2) is 64.5 Å². The third-order valence-electron chi connectivity index (χ3n) is 5.14. The molecule has 2 aliphatic heterocycles. The maximum Gasteiger partial charge on any atom is 0.238 e. The number of hydrogen-bond donors (Lipinski definition) is 4. The number of rotatable bonds is 6. The van der Waals surface area contributed by atoms with Gasteiger partial charge in [-0.1, -0.05) is 6.07 Å². The minimum Gasteiger partial charge on any atom is -0.493 e. The van der Waals surface area contributed by atoms with Gasteiger partial charge in [0.05, 0.1) is 24.5 Å². The van der Waals surface area contributed by atoms with E-state index in [0.29, 0.717) is 19.8 Å². The first-order valence-electron chi connectivity index (χ1n) is 10.2. The standard InChI is InChI=1S/C21H27N7O2/c1-14(2)28-21(24-13-25-28)27-12-16-5-8-30-19-9-15(3-4-18(19)20(16)26-27)17(10-22)11-23-6-7-29/h3-4,9-12,14,22-23,25,29H,5-8,13H2,1-2H3/p+1/b17-11+,22-10?. The van der Waals surface area contributed by atoms with E-state index in [1.807, 2.05) is 45.6 Å². The van der Waals surface area contributed by atoms with E-state index in [4.69, 9.17) is 20.4 Å². The van der Waals surface area contributed by atoms with Crippen molar-refractivity contribution in [1.82, 2.24) is 20.2 Å². The van der Waals surface area contributed by atoms with Crippen LogP contribution in [0.5, 0.6) is 5.75 Å². The molecule has 9 heteroatoms. The highest BCUT2D eigenvalue weighted by Gasteiger charge is 2.26. The van der Waals surface area contributed by atoms with Gasteiger partial charge in [0.15, 0.2) is 0 Å². The molecule has 0 aliphatic carbocycles. The summed E-state index contributed by atoms with van der Waals surface area (Å²) in [5.41, 5.74) is 7.90. The summed E-state index contributed by atoms with van der Waals surface area (Å²) in [6.45, 7) is 5.99. The zero-order valence-electron chi connectivity index (χ0n) is 17.3. The number of nitrogens with one attached hydrogen (secondary N) is 2. The number of hydrazine groups is 1. The van der Waals surface area contributed by atoms with Gasteiger partial charge in [0, 0.05) is 36.0 Å². The summed E-state index contributed by atoms with van der Waals surface area (Å²) in [6, 6.07) is 6.21. The van der Waals surface area contributed by atoms with Gasteiger partial charge in [-0.3, -0.25) is 5.01 Å². The number of aliphatic imine (C=N–C) groups is 1. The maximum absolute atomic E-state index is 8.97. The van der Waals surface area contributed by atoms with Crippen LogP contribution < -0.4 is 15.5 Å². The van der Waals surface area contributed by atoms with Gasteiger partial charge in [0.1, 0.15) is 25.2 Å². The second-order valence-electron chi connectivity index (χ2n) is 7.51. The Morgan fingerprint density at radius 3 is 3.07 bits per heavy atom. The van der Waals surface area contributed by atoms with Gasteiger partial charge in [-0.15, -0.1) is 0 Å². The molecular formula is C21H28N7O2+. The van der Waals surface area contributed by atoms with Crippen LogP contribution in [0.25, 0.3) is 16.8 Å². The lowest BCUT2D eigenvalue weighted by Gasteiger charge is -2.23. The molecule has 2 aromatic rings. The van der Waals surface area contributed by atoms with E-state index in [1.54, 1.807) is 0 Å². The van der Waals surface area contributed by atoms with E-state index in [9.17, 15) is 0 Å². The predicted molar refractivity (Wildman–Crippen MR) is 115 cm³/mol. The SMILES string of the molecule is CC(C)N1NCN=C1n1cc2c(n1)-c1ccc(/C(C=N)=C/[NH2+]CCO)cc1OCC2. The van der Waals surface area contributed by atoms with Crippen LogP contribution in [0.4, 0.5) is 0 Å². The number of benzene rings is 1. The zero-order chi connectivity index (χ0) is 21.1. The Bertz CT molecular complexity index is 993. The first-order chi connectivity index (χ1) is 14.6. The third kappa shape index (κ3) is 3.87. The second kappa shape index (κ2) is 8.78. The Morgan fingerprint density at radius 2 is 2.30 bits per heavy atom. The lowest BCUT2D eigenvalue weighted by Crippen LogP contribution is -2.79. The van der Waals surface area contributed by atoms with Crippen molar-refractivity contribution in [2.24, 2.45) is 4.99 Å². The first kappa shape index (κ1) is 20.3. The molecule has 0 saturated carbocycles. The van der Waals surface area contributed by atoms with Gasteiger partial charge in [0.25, 0.3) is 0 Å². The van der Waals surface area contributed by atoms with Crippen molar-refractivity contribution < 1.29 is 15.2 Å². The normalized spacial score (nSPS) is 16.1. The van der Waals surface area contributed by atoms with Crippen molar-refractivity contribution in [3.63, 3.8) is 0 Å². The lowest BCUT2D eigenvalue weighted by molar-refractivity contribution is -0.588. The summed E-state index contributed by atoms with van der Waals surface area (Å²) in [5, 5.41) is 25.4. The monoisotopic (exact) mass is 410 g/mol. The summed E-state index contributed by atoms with van der Waals surface area (Å²) < 4.78 is 7.87. The van der Waals surface area contributed by atoms with Crippen LogP contribution >= 0.6 is 0 Å². The fourth-order valence-electron chi connectivity index (χ4n) is 3.65. The molecule has 3 heterocycles. The molecular weight excluding hydrogens is 382 g/mol. The molecule has 0 bridgehead atoms. The number of nitrogens with zero attached hydrogens (tertiary/aromatic N) is 4. The van der Waals surface area contributed by atoms with Crippen LogP contribution in [-0.2, 0) is 6.42 Å². The minimum absolute atomic E-state index is 0.0928. The van der Waals surface area contributed by atoms with E-state index in [2.05, 4.69) is 24.3 Å². The molecule has 158 valence electrons. The van der Waals surface area contributed by atoms with E-state index in [1.165, 1.54) is 6.21 Å². The first-order valence-corrected chi connectivity index (χ1v) is 10.2. The predicted octanol–water partition coefficient (Wildman–Crippen LogP) is 0.421. The summed E-state index contributed by atoms with van der Waals surface area (Å²) >= 11 is 0. The van der Waals surface area contributed by atoms with Gasteiger partial charge in [-0.25, -0.2) is 15.1 Å². The van der Waals surface area contributed by atoms with E-state index >= 15 is 0 Å². The Morgan fingerprint density at radius 1 is 1.43 bits per heavy atom. The highest BCUT2D eigenvalue weighted by molar-refractivity contribution is 6.08. The molecule has 0 amide bonds. The van der Waals surface area contributed by atoms with Crippen molar-refractivity contribution in [3.8, 4) is 17.0 Å². The van der Waals surface area contributed by atoms with E-state index < -0.39 is 0 Å². The van der Waals surface area contributed by atoms with Crippen molar-refractivity contribution in [3.05, 3.63) is 41.7 Å². The molecule has 1 aromatic carbocycles. The smallest absolute Gasteiger partial charge is 0.238 e. The Kier molecular flexibility index (Phi) is 5.93. The molecule has 1 aromatic heterocycles. The molecule has 5 N–H and O–H groups in total. The topological polar surface area (TPSA) is 115 Å². The number of quaternary nitrogens is 1. The van der Waals surface area contributed by atoms with Crippen molar-refractivity contribution in [2.45, 2.75) is 26.3 Å². The Hall–Kier alpha value is -3.01. The average Bonchev–Trinajstić information content (AvgIpc) is 3.35. The van der Waals surface area contributed by atoms with E-state index in [-0.39, 0.29) is 12.6 Å². The maximum atomic E-state index is 8.97. The van der Waals surface area contributed by atoms with Crippen LogP contribution in [0.2, 0.25) is 0 Å². The number of allylic oxidation sites excluding steroid dienone is 1. The second-order valence-corrected chi connectivity index (χ2v) is 7.51. The molecule has 0 unspecified atom stereocenters. The molecule has 9 nitrogen and oxygen atoms in total. The van der Waals surface area contributed by atoms with Crippen LogP contribution in [0.3, 0.4) is 0 Å². The third-order valence-corrected chi connectivity index (χ3v) is 5.14. The molecule has 4 rings (SSSR count). The highest BCUT2D eigenvalue weighted by atomic mass is 16.5. The molecule has 0 saturated heterocycles. The largest absolute Gasteiger partial charge is 0.493 e. The fraction of sp³-hybridized carbons (Fsp3) is 0.381. The van der Waals surface area contributed by atoms with Gasteiger partial charge in [0.2, 0.25) is 5.96 Å². The number of ether oxygens (including phenoxy) is 1. The number of aliphatic hydroxyl groups excluding tert-OH is 1. The molecule has 0 fully saturated rings. The van der Waals surface area contributed by atoms with Gasteiger partial charge in [-0.05, 0) is 31.5 Å². The van der Waals surface area contributed by atoms with Crippen molar-refractivity contribution in [1.29, 1.82) is 5.41 Å². The number of aromatic nitrogens is 2. The van der Waals surface area contributed by atoms with Crippen LogP contribution in [0.15, 0.2) is 35.6 Å². The Labute approximate surface area is 175 Å².